The molecule has 1 saturated heterocycles. The molecule has 0 radical (unpaired) electrons. The first-order chi connectivity index (χ1) is 9.66. The standard InChI is InChI=1S/C17H26N2OSi/c1-17(2,3)21(4,5)19-14(15(18)16(19)20)12-11-13-9-7-6-8-10-13/h6-12,14-15H,18H2,1-5H3/b12-11-. The van der Waals surface area contributed by atoms with Crippen LogP contribution in [0.25, 0.3) is 6.08 Å². The van der Waals surface area contributed by atoms with E-state index in [1.165, 1.54) is 0 Å². The Morgan fingerprint density at radius 1 is 1.19 bits per heavy atom. The molecule has 1 aliphatic heterocycles. The van der Waals surface area contributed by atoms with Gasteiger partial charge in [0.2, 0.25) is 5.91 Å². The van der Waals surface area contributed by atoms with Crippen molar-refractivity contribution in [1.29, 1.82) is 0 Å². The summed E-state index contributed by atoms with van der Waals surface area (Å²) in [5.41, 5.74) is 7.18. The summed E-state index contributed by atoms with van der Waals surface area (Å²) in [6, 6.07) is 9.77. The molecule has 3 nitrogen and oxygen atoms in total. The summed E-state index contributed by atoms with van der Waals surface area (Å²) >= 11 is 0. The molecule has 2 rings (SSSR count). The maximum Gasteiger partial charge on any atom is 0.234 e. The van der Waals surface area contributed by atoms with Crippen molar-refractivity contribution >= 4 is 20.2 Å². The minimum Gasteiger partial charge on any atom is -0.360 e. The van der Waals surface area contributed by atoms with Crippen LogP contribution in [-0.4, -0.2) is 30.8 Å². The molecular formula is C17H26N2OSi. The van der Waals surface area contributed by atoms with E-state index in [-0.39, 0.29) is 23.0 Å². The van der Waals surface area contributed by atoms with Crippen molar-refractivity contribution in [3.63, 3.8) is 0 Å². The molecule has 1 aromatic carbocycles. The number of nitrogens with zero attached hydrogens (tertiary/aromatic N) is 1. The molecule has 0 aromatic heterocycles. The lowest BCUT2D eigenvalue weighted by atomic mass is 9.98. The second kappa shape index (κ2) is 5.43. The average molecular weight is 302 g/mol. The van der Waals surface area contributed by atoms with Crippen LogP contribution in [0.5, 0.6) is 0 Å². The molecule has 2 N–H and O–H groups in total. The van der Waals surface area contributed by atoms with Gasteiger partial charge in [-0.2, -0.15) is 0 Å². The zero-order chi connectivity index (χ0) is 15.8. The molecule has 4 heteroatoms. The smallest absolute Gasteiger partial charge is 0.234 e. The fourth-order valence-corrected chi connectivity index (χ4v) is 4.94. The number of rotatable bonds is 3. The van der Waals surface area contributed by atoms with Crippen LogP contribution in [0.15, 0.2) is 36.4 Å². The number of β-lactam (4-membered cyclic amide) rings is 1. The fourth-order valence-electron chi connectivity index (χ4n) is 2.52. The quantitative estimate of drug-likeness (QED) is 0.688. The third-order valence-electron chi connectivity index (χ3n) is 4.91. The Bertz CT molecular complexity index is 546. The van der Waals surface area contributed by atoms with E-state index in [1.54, 1.807) is 0 Å². The van der Waals surface area contributed by atoms with Gasteiger partial charge in [0, 0.05) is 0 Å². The molecule has 1 amide bonds. The maximum atomic E-state index is 12.3. The SMILES string of the molecule is CC(C)(C)[Si](C)(C)N1C(=O)C(N)C1/C=C\c1ccccc1. The van der Waals surface area contributed by atoms with Crippen LogP contribution in [0.3, 0.4) is 0 Å². The van der Waals surface area contributed by atoms with Crippen molar-refractivity contribution in [2.45, 2.75) is 51.0 Å². The van der Waals surface area contributed by atoms with Gasteiger partial charge in [0.05, 0.1) is 6.04 Å². The van der Waals surface area contributed by atoms with E-state index in [0.29, 0.717) is 0 Å². The van der Waals surface area contributed by atoms with Gasteiger partial charge in [0.1, 0.15) is 6.04 Å². The highest BCUT2D eigenvalue weighted by Gasteiger charge is 2.55. The van der Waals surface area contributed by atoms with Crippen LogP contribution in [-0.2, 0) is 4.79 Å². The predicted octanol–water partition coefficient (Wildman–Crippen LogP) is 3.24. The summed E-state index contributed by atoms with van der Waals surface area (Å²) in [6.07, 6.45) is 4.15. The van der Waals surface area contributed by atoms with E-state index in [2.05, 4.69) is 62.7 Å². The Morgan fingerprint density at radius 3 is 2.29 bits per heavy atom. The molecular weight excluding hydrogens is 276 g/mol. The summed E-state index contributed by atoms with van der Waals surface area (Å²) in [5, 5.41) is 0.127. The number of hydrogen-bond donors (Lipinski definition) is 1. The van der Waals surface area contributed by atoms with Gasteiger partial charge in [0.25, 0.3) is 0 Å². The molecule has 2 atom stereocenters. The van der Waals surface area contributed by atoms with Crippen LogP contribution in [0.1, 0.15) is 26.3 Å². The zero-order valence-corrected chi connectivity index (χ0v) is 14.6. The molecule has 1 fully saturated rings. The Hall–Kier alpha value is -1.39. The number of amides is 1. The summed E-state index contributed by atoms with van der Waals surface area (Å²) in [7, 11) is -1.88. The lowest BCUT2D eigenvalue weighted by Gasteiger charge is -2.56. The normalized spacial score (nSPS) is 23.5. The third kappa shape index (κ3) is 2.83. The van der Waals surface area contributed by atoms with Crippen molar-refractivity contribution in [2.75, 3.05) is 0 Å². The molecule has 21 heavy (non-hydrogen) atoms. The van der Waals surface area contributed by atoms with Crippen LogP contribution in [0.2, 0.25) is 18.1 Å². The number of carbonyl (C=O) groups excluding carboxylic acids is 1. The highest BCUT2D eigenvalue weighted by atomic mass is 28.3. The molecule has 0 aliphatic carbocycles. The summed E-state index contributed by atoms with van der Waals surface area (Å²) in [6.45, 7) is 11.2. The number of hydrogen-bond acceptors (Lipinski definition) is 2. The van der Waals surface area contributed by atoms with Gasteiger partial charge in [-0.3, -0.25) is 4.79 Å². The molecule has 2 unspecified atom stereocenters. The highest BCUT2D eigenvalue weighted by molar-refractivity contribution is 6.80. The Morgan fingerprint density at radius 2 is 1.76 bits per heavy atom. The minimum absolute atomic E-state index is 0.0265. The first kappa shape index (κ1) is 16.0. The molecule has 1 heterocycles. The number of carbonyl (C=O) groups is 1. The first-order valence-corrected chi connectivity index (χ1v) is 10.4. The van der Waals surface area contributed by atoms with Gasteiger partial charge >= 0.3 is 0 Å². The van der Waals surface area contributed by atoms with Crippen molar-refractivity contribution in [2.24, 2.45) is 5.73 Å². The van der Waals surface area contributed by atoms with Gasteiger partial charge in [-0.25, -0.2) is 0 Å². The summed E-state index contributed by atoms with van der Waals surface area (Å²) in [4.78, 5) is 12.3. The van der Waals surface area contributed by atoms with E-state index >= 15 is 0 Å². The molecule has 0 spiro atoms. The zero-order valence-electron chi connectivity index (χ0n) is 13.6. The average Bonchev–Trinajstić information content (AvgIpc) is 2.41. The van der Waals surface area contributed by atoms with Crippen LogP contribution in [0.4, 0.5) is 0 Å². The van der Waals surface area contributed by atoms with E-state index < -0.39 is 8.24 Å². The third-order valence-corrected chi connectivity index (χ3v) is 10.3. The molecule has 0 bridgehead atoms. The van der Waals surface area contributed by atoms with Crippen molar-refractivity contribution in [1.82, 2.24) is 4.57 Å². The Balaban J connectivity index is 2.23. The second-order valence-corrected chi connectivity index (χ2v) is 12.4. The second-order valence-electron chi connectivity index (χ2n) is 7.30. The molecule has 0 saturated carbocycles. The predicted molar refractivity (Wildman–Crippen MR) is 91.3 cm³/mol. The maximum absolute atomic E-state index is 12.3. The van der Waals surface area contributed by atoms with E-state index in [9.17, 15) is 4.79 Å². The van der Waals surface area contributed by atoms with E-state index in [0.717, 1.165) is 5.56 Å². The van der Waals surface area contributed by atoms with E-state index in [1.807, 2.05) is 18.2 Å². The largest absolute Gasteiger partial charge is 0.360 e. The highest BCUT2D eigenvalue weighted by Crippen LogP contribution is 2.42. The Labute approximate surface area is 128 Å². The topological polar surface area (TPSA) is 46.3 Å². The van der Waals surface area contributed by atoms with Crippen molar-refractivity contribution in [3.8, 4) is 0 Å². The van der Waals surface area contributed by atoms with Crippen LogP contribution < -0.4 is 5.73 Å². The Kier molecular flexibility index (Phi) is 4.13. The van der Waals surface area contributed by atoms with Gasteiger partial charge in [-0.1, -0.05) is 76.3 Å². The lowest BCUT2D eigenvalue weighted by Crippen LogP contribution is -2.76. The molecule has 1 aromatic rings. The fraction of sp³-hybridized carbons (Fsp3) is 0.471. The molecule has 114 valence electrons. The van der Waals surface area contributed by atoms with Gasteiger partial charge in [0.15, 0.2) is 8.24 Å². The lowest BCUT2D eigenvalue weighted by molar-refractivity contribution is -0.139. The van der Waals surface area contributed by atoms with Crippen molar-refractivity contribution in [3.05, 3.63) is 42.0 Å². The van der Waals surface area contributed by atoms with Gasteiger partial charge in [-0.05, 0) is 10.6 Å². The van der Waals surface area contributed by atoms with Crippen molar-refractivity contribution < 1.29 is 4.79 Å². The number of benzene rings is 1. The van der Waals surface area contributed by atoms with Gasteiger partial charge < -0.3 is 10.3 Å². The minimum atomic E-state index is -1.88. The number of nitrogens with two attached hydrogens (primary N) is 1. The first-order valence-electron chi connectivity index (χ1n) is 7.48. The molecule has 1 aliphatic rings. The summed E-state index contributed by atoms with van der Waals surface area (Å²) in [5.74, 6) is 0.101. The van der Waals surface area contributed by atoms with Gasteiger partial charge in [-0.15, -0.1) is 0 Å². The van der Waals surface area contributed by atoms with Crippen LogP contribution >= 0.6 is 0 Å². The summed E-state index contributed by atoms with van der Waals surface area (Å²) < 4.78 is 2.07. The monoisotopic (exact) mass is 302 g/mol. The van der Waals surface area contributed by atoms with E-state index in [4.69, 9.17) is 5.73 Å². The van der Waals surface area contributed by atoms with Crippen LogP contribution in [0, 0.1) is 0 Å².